The van der Waals surface area contributed by atoms with Crippen LogP contribution in [0.3, 0.4) is 0 Å². The van der Waals surface area contributed by atoms with Gasteiger partial charge in [-0.2, -0.15) is 0 Å². The highest BCUT2D eigenvalue weighted by Crippen LogP contribution is 2.17. The molecule has 2 heterocycles. The molecule has 2 aliphatic heterocycles. The van der Waals surface area contributed by atoms with E-state index in [-0.39, 0.29) is 12.0 Å². The van der Waals surface area contributed by atoms with E-state index in [1.54, 1.807) is 0 Å². The normalized spacial score (nSPS) is 30.9. The largest absolute Gasteiger partial charge is 0.376 e. The van der Waals surface area contributed by atoms with Gasteiger partial charge in [0.2, 0.25) is 5.91 Å². The molecule has 4 nitrogen and oxygen atoms in total. The minimum absolute atomic E-state index is 0.198. The second-order valence-corrected chi connectivity index (χ2v) is 4.94. The molecule has 0 aromatic carbocycles. The Morgan fingerprint density at radius 1 is 1.60 bits per heavy atom. The summed E-state index contributed by atoms with van der Waals surface area (Å²) in [6.07, 6.45) is 2.49. The van der Waals surface area contributed by atoms with Crippen molar-refractivity contribution in [1.82, 2.24) is 10.2 Å². The van der Waals surface area contributed by atoms with Crippen molar-refractivity contribution < 1.29 is 9.53 Å². The lowest BCUT2D eigenvalue weighted by Crippen LogP contribution is -2.62. The molecule has 1 unspecified atom stereocenters. The molecule has 1 N–H and O–H groups in total. The van der Waals surface area contributed by atoms with Gasteiger partial charge in [-0.25, -0.2) is 0 Å². The second-order valence-electron chi connectivity index (χ2n) is 4.94. The zero-order valence-electron chi connectivity index (χ0n) is 9.58. The van der Waals surface area contributed by atoms with Crippen LogP contribution < -0.4 is 5.32 Å². The quantitative estimate of drug-likeness (QED) is 0.719. The smallest absolute Gasteiger partial charge is 0.242 e. The molecule has 15 heavy (non-hydrogen) atoms. The average molecular weight is 212 g/mol. The molecular formula is C11H20N2O2. The Bertz CT molecular complexity index is 247. The van der Waals surface area contributed by atoms with E-state index in [4.69, 9.17) is 4.74 Å². The summed E-state index contributed by atoms with van der Waals surface area (Å²) in [5.41, 5.74) is -0.406. The molecule has 0 aromatic rings. The summed E-state index contributed by atoms with van der Waals surface area (Å²) in [4.78, 5) is 14.0. The lowest BCUT2D eigenvalue weighted by atomic mass is 10.0. The molecule has 0 aliphatic carbocycles. The molecule has 2 fully saturated rings. The summed E-state index contributed by atoms with van der Waals surface area (Å²) < 4.78 is 5.56. The van der Waals surface area contributed by atoms with Gasteiger partial charge in [-0.05, 0) is 26.7 Å². The molecule has 0 aromatic heterocycles. The number of carbonyl (C=O) groups excluding carboxylic acids is 1. The van der Waals surface area contributed by atoms with Crippen molar-refractivity contribution in [2.24, 2.45) is 0 Å². The van der Waals surface area contributed by atoms with Crippen molar-refractivity contribution in [3.63, 3.8) is 0 Å². The Balaban J connectivity index is 1.93. The molecular weight excluding hydrogens is 192 g/mol. The minimum Gasteiger partial charge on any atom is -0.376 e. The summed E-state index contributed by atoms with van der Waals surface area (Å²) in [6, 6.07) is 0. The highest BCUT2D eigenvalue weighted by molar-refractivity contribution is 5.86. The van der Waals surface area contributed by atoms with Gasteiger partial charge in [0.25, 0.3) is 0 Å². The van der Waals surface area contributed by atoms with Crippen LogP contribution in [0.25, 0.3) is 0 Å². The van der Waals surface area contributed by atoms with E-state index in [2.05, 4.69) is 5.32 Å². The zero-order chi connectivity index (χ0) is 10.9. The van der Waals surface area contributed by atoms with Crippen molar-refractivity contribution in [3.05, 3.63) is 0 Å². The third kappa shape index (κ3) is 2.32. The van der Waals surface area contributed by atoms with Crippen molar-refractivity contribution in [1.29, 1.82) is 0 Å². The molecule has 4 heteroatoms. The fourth-order valence-electron chi connectivity index (χ4n) is 2.28. The van der Waals surface area contributed by atoms with Crippen LogP contribution >= 0.6 is 0 Å². The molecule has 86 valence electrons. The van der Waals surface area contributed by atoms with Gasteiger partial charge in [-0.1, -0.05) is 0 Å². The zero-order valence-corrected chi connectivity index (χ0v) is 9.58. The number of piperazine rings is 1. The van der Waals surface area contributed by atoms with Crippen LogP contribution in [0.5, 0.6) is 0 Å². The molecule has 2 saturated heterocycles. The van der Waals surface area contributed by atoms with Crippen molar-refractivity contribution in [2.75, 3.05) is 26.2 Å². The standard InChI is InChI=1S/C11H20N2O2/c1-11(2)10(14)13(6-5-12-11)8-9-4-3-7-15-9/h9,12H,3-8H2,1-2H3. The van der Waals surface area contributed by atoms with Gasteiger partial charge in [0.1, 0.15) is 0 Å². The van der Waals surface area contributed by atoms with Crippen LogP contribution in [0.4, 0.5) is 0 Å². The van der Waals surface area contributed by atoms with Crippen LogP contribution in [-0.4, -0.2) is 48.7 Å². The summed E-state index contributed by atoms with van der Waals surface area (Å²) >= 11 is 0. The van der Waals surface area contributed by atoms with Gasteiger partial charge in [0.15, 0.2) is 0 Å². The predicted octanol–water partition coefficient (Wildman–Crippen LogP) is 0.376. The van der Waals surface area contributed by atoms with Gasteiger partial charge < -0.3 is 15.0 Å². The van der Waals surface area contributed by atoms with E-state index >= 15 is 0 Å². The van der Waals surface area contributed by atoms with Crippen LogP contribution in [0.1, 0.15) is 26.7 Å². The Hall–Kier alpha value is -0.610. The molecule has 1 atom stereocenters. The number of ether oxygens (including phenoxy) is 1. The van der Waals surface area contributed by atoms with Crippen LogP contribution in [0.15, 0.2) is 0 Å². The number of carbonyl (C=O) groups is 1. The fourth-order valence-corrected chi connectivity index (χ4v) is 2.28. The fraction of sp³-hybridized carbons (Fsp3) is 0.909. The van der Waals surface area contributed by atoms with E-state index in [0.717, 1.165) is 39.1 Å². The number of rotatable bonds is 2. The van der Waals surface area contributed by atoms with E-state index < -0.39 is 5.54 Å². The SMILES string of the molecule is CC1(C)NCCN(CC2CCCO2)C1=O. The van der Waals surface area contributed by atoms with Crippen molar-refractivity contribution in [2.45, 2.75) is 38.3 Å². The second kappa shape index (κ2) is 4.10. The Labute approximate surface area is 91.0 Å². The molecule has 0 bridgehead atoms. The number of nitrogens with one attached hydrogen (secondary N) is 1. The third-order valence-corrected chi connectivity index (χ3v) is 3.22. The van der Waals surface area contributed by atoms with Crippen LogP contribution in [0, 0.1) is 0 Å². The van der Waals surface area contributed by atoms with Gasteiger partial charge >= 0.3 is 0 Å². The minimum atomic E-state index is -0.406. The van der Waals surface area contributed by atoms with Gasteiger partial charge in [0, 0.05) is 26.2 Å². The van der Waals surface area contributed by atoms with E-state index in [1.807, 2.05) is 18.7 Å². The van der Waals surface area contributed by atoms with E-state index in [0.29, 0.717) is 0 Å². The first-order valence-electron chi connectivity index (χ1n) is 5.75. The Morgan fingerprint density at radius 3 is 3.07 bits per heavy atom. The van der Waals surface area contributed by atoms with E-state index in [1.165, 1.54) is 0 Å². The highest BCUT2D eigenvalue weighted by Gasteiger charge is 2.36. The van der Waals surface area contributed by atoms with Gasteiger partial charge in [-0.15, -0.1) is 0 Å². The molecule has 0 spiro atoms. The first kappa shape index (κ1) is 10.9. The highest BCUT2D eigenvalue weighted by atomic mass is 16.5. The first-order valence-corrected chi connectivity index (χ1v) is 5.75. The monoisotopic (exact) mass is 212 g/mol. The first-order chi connectivity index (χ1) is 7.09. The average Bonchev–Trinajstić information content (AvgIpc) is 2.65. The molecule has 1 amide bonds. The van der Waals surface area contributed by atoms with E-state index in [9.17, 15) is 4.79 Å². The number of hydrogen-bond donors (Lipinski definition) is 1. The van der Waals surface area contributed by atoms with Crippen molar-refractivity contribution in [3.8, 4) is 0 Å². The number of hydrogen-bond acceptors (Lipinski definition) is 3. The number of nitrogens with zero attached hydrogens (tertiary/aromatic N) is 1. The summed E-state index contributed by atoms with van der Waals surface area (Å²) in [5, 5.41) is 3.23. The maximum absolute atomic E-state index is 12.0. The maximum atomic E-state index is 12.0. The molecule has 0 radical (unpaired) electrons. The predicted molar refractivity (Wildman–Crippen MR) is 57.6 cm³/mol. The number of amides is 1. The summed E-state index contributed by atoms with van der Waals surface area (Å²) in [7, 11) is 0. The van der Waals surface area contributed by atoms with Gasteiger partial charge in [-0.3, -0.25) is 4.79 Å². The lowest BCUT2D eigenvalue weighted by Gasteiger charge is -2.39. The molecule has 2 aliphatic rings. The Kier molecular flexibility index (Phi) is 2.98. The van der Waals surface area contributed by atoms with Crippen LogP contribution in [-0.2, 0) is 9.53 Å². The molecule has 2 rings (SSSR count). The molecule has 0 saturated carbocycles. The van der Waals surface area contributed by atoms with Crippen molar-refractivity contribution >= 4 is 5.91 Å². The third-order valence-electron chi connectivity index (χ3n) is 3.22. The van der Waals surface area contributed by atoms with Crippen LogP contribution in [0.2, 0.25) is 0 Å². The Morgan fingerprint density at radius 2 is 2.40 bits per heavy atom. The topological polar surface area (TPSA) is 41.6 Å². The lowest BCUT2D eigenvalue weighted by molar-refractivity contribution is -0.141. The maximum Gasteiger partial charge on any atom is 0.242 e. The van der Waals surface area contributed by atoms with Gasteiger partial charge in [0.05, 0.1) is 11.6 Å². The summed E-state index contributed by atoms with van der Waals surface area (Å²) in [6.45, 7) is 7.19. The summed E-state index contributed by atoms with van der Waals surface area (Å²) in [5.74, 6) is 0.198.